The second-order valence-electron chi connectivity index (χ2n) is 4.61. The maximum absolute atomic E-state index is 12.0. The average molecular weight is 331 g/mol. The van der Waals surface area contributed by atoms with E-state index in [4.69, 9.17) is 11.6 Å². The monoisotopic (exact) mass is 330 g/mol. The molecule has 0 aromatic heterocycles. The highest BCUT2D eigenvalue weighted by molar-refractivity contribution is 7.99. The van der Waals surface area contributed by atoms with Crippen LogP contribution in [0, 0.1) is 0 Å². The number of hydrogen-bond donors (Lipinski definition) is 3. The lowest BCUT2D eigenvalue weighted by Gasteiger charge is -2.18. The standard InChI is InChI=1S/C14H19ClN2O3S/c1-9(18)7-16-14(20)13(17-10(2)19)8-21-12-5-3-11(15)4-6-12/h3-6,9,13,18H,7-8H2,1-2H3,(H,16,20)(H,17,19). The van der Waals surface area contributed by atoms with Crippen molar-refractivity contribution in [2.75, 3.05) is 12.3 Å². The van der Waals surface area contributed by atoms with Crippen molar-refractivity contribution in [2.45, 2.75) is 30.9 Å². The van der Waals surface area contributed by atoms with Crippen molar-refractivity contribution in [1.29, 1.82) is 0 Å². The summed E-state index contributed by atoms with van der Waals surface area (Å²) in [5, 5.41) is 15.0. The van der Waals surface area contributed by atoms with Gasteiger partial charge in [-0.2, -0.15) is 0 Å². The van der Waals surface area contributed by atoms with Crippen molar-refractivity contribution in [3.63, 3.8) is 0 Å². The average Bonchev–Trinajstić information content (AvgIpc) is 2.42. The molecule has 1 rings (SSSR count). The molecule has 1 aromatic rings. The Morgan fingerprint density at radius 2 is 1.95 bits per heavy atom. The van der Waals surface area contributed by atoms with Gasteiger partial charge in [-0.15, -0.1) is 11.8 Å². The van der Waals surface area contributed by atoms with E-state index in [0.29, 0.717) is 10.8 Å². The Hall–Kier alpha value is -1.24. The van der Waals surface area contributed by atoms with Gasteiger partial charge in [-0.25, -0.2) is 0 Å². The Kier molecular flexibility index (Phi) is 7.56. The van der Waals surface area contributed by atoms with E-state index in [0.717, 1.165) is 4.90 Å². The topological polar surface area (TPSA) is 78.4 Å². The molecule has 0 saturated carbocycles. The summed E-state index contributed by atoms with van der Waals surface area (Å²) < 4.78 is 0. The lowest BCUT2D eigenvalue weighted by atomic mass is 10.3. The molecule has 7 heteroatoms. The number of rotatable bonds is 7. The van der Waals surface area contributed by atoms with Crippen LogP contribution in [-0.4, -0.2) is 41.4 Å². The zero-order valence-electron chi connectivity index (χ0n) is 11.9. The molecular formula is C14H19ClN2O3S. The Labute approximate surface area is 133 Å². The fraction of sp³-hybridized carbons (Fsp3) is 0.429. The predicted molar refractivity (Wildman–Crippen MR) is 84.5 cm³/mol. The second kappa shape index (κ2) is 8.92. The van der Waals surface area contributed by atoms with Crippen LogP contribution in [0.4, 0.5) is 0 Å². The lowest BCUT2D eigenvalue weighted by Crippen LogP contribution is -2.48. The van der Waals surface area contributed by atoms with Gasteiger partial charge in [0.15, 0.2) is 0 Å². The van der Waals surface area contributed by atoms with E-state index in [1.165, 1.54) is 18.7 Å². The van der Waals surface area contributed by atoms with Gasteiger partial charge < -0.3 is 15.7 Å². The molecule has 0 aliphatic heterocycles. The number of aliphatic hydroxyl groups is 1. The Morgan fingerprint density at radius 3 is 2.48 bits per heavy atom. The SMILES string of the molecule is CC(=O)NC(CSc1ccc(Cl)cc1)C(=O)NCC(C)O. The van der Waals surface area contributed by atoms with Crippen molar-refractivity contribution in [1.82, 2.24) is 10.6 Å². The smallest absolute Gasteiger partial charge is 0.243 e. The third kappa shape index (κ3) is 7.36. The fourth-order valence-corrected chi connectivity index (χ4v) is 2.56. The second-order valence-corrected chi connectivity index (χ2v) is 6.14. The first-order valence-electron chi connectivity index (χ1n) is 6.49. The molecule has 2 atom stereocenters. The number of amides is 2. The Morgan fingerprint density at radius 1 is 1.33 bits per heavy atom. The summed E-state index contributed by atoms with van der Waals surface area (Å²) in [4.78, 5) is 24.1. The number of thioether (sulfide) groups is 1. The molecule has 0 bridgehead atoms. The van der Waals surface area contributed by atoms with Gasteiger partial charge in [0, 0.05) is 29.1 Å². The molecule has 0 heterocycles. The van der Waals surface area contributed by atoms with E-state index in [1.54, 1.807) is 19.1 Å². The van der Waals surface area contributed by atoms with Crippen LogP contribution < -0.4 is 10.6 Å². The number of aliphatic hydroxyl groups excluding tert-OH is 1. The molecule has 2 unspecified atom stereocenters. The first kappa shape index (κ1) is 17.8. The molecule has 0 saturated heterocycles. The van der Waals surface area contributed by atoms with Gasteiger partial charge in [-0.3, -0.25) is 9.59 Å². The van der Waals surface area contributed by atoms with Crippen molar-refractivity contribution in [2.24, 2.45) is 0 Å². The van der Waals surface area contributed by atoms with Crippen molar-refractivity contribution in [3.8, 4) is 0 Å². The number of benzene rings is 1. The lowest BCUT2D eigenvalue weighted by molar-refractivity contribution is -0.127. The van der Waals surface area contributed by atoms with Gasteiger partial charge in [0.25, 0.3) is 0 Å². The van der Waals surface area contributed by atoms with E-state index in [9.17, 15) is 14.7 Å². The minimum atomic E-state index is -0.651. The zero-order valence-corrected chi connectivity index (χ0v) is 13.5. The maximum atomic E-state index is 12.0. The first-order valence-corrected chi connectivity index (χ1v) is 7.86. The fourth-order valence-electron chi connectivity index (χ4n) is 1.51. The molecular weight excluding hydrogens is 312 g/mol. The molecule has 3 N–H and O–H groups in total. The van der Waals surface area contributed by atoms with Crippen LogP contribution in [0.2, 0.25) is 5.02 Å². The number of carbonyl (C=O) groups excluding carboxylic acids is 2. The highest BCUT2D eigenvalue weighted by Gasteiger charge is 2.19. The quantitative estimate of drug-likeness (QED) is 0.661. The molecule has 0 aliphatic rings. The largest absolute Gasteiger partial charge is 0.392 e. The van der Waals surface area contributed by atoms with Crippen LogP contribution in [0.3, 0.4) is 0 Å². The van der Waals surface area contributed by atoms with Gasteiger partial charge >= 0.3 is 0 Å². The van der Waals surface area contributed by atoms with Crippen LogP contribution in [0.15, 0.2) is 29.2 Å². The summed E-state index contributed by atoms with van der Waals surface area (Å²) in [5.74, 6) is -0.191. The summed E-state index contributed by atoms with van der Waals surface area (Å²) in [6.07, 6.45) is -0.629. The number of carbonyl (C=O) groups is 2. The van der Waals surface area contributed by atoms with E-state index < -0.39 is 12.1 Å². The van der Waals surface area contributed by atoms with Crippen molar-refractivity contribution >= 4 is 35.2 Å². The first-order chi connectivity index (χ1) is 9.88. The molecule has 0 fully saturated rings. The minimum Gasteiger partial charge on any atom is -0.392 e. The van der Waals surface area contributed by atoms with E-state index in [2.05, 4.69) is 10.6 Å². The van der Waals surface area contributed by atoms with Crippen LogP contribution in [0.5, 0.6) is 0 Å². The number of nitrogens with one attached hydrogen (secondary N) is 2. The van der Waals surface area contributed by atoms with Gasteiger partial charge in [-0.1, -0.05) is 11.6 Å². The van der Waals surface area contributed by atoms with Gasteiger partial charge in [0.05, 0.1) is 6.10 Å². The molecule has 116 valence electrons. The third-order valence-electron chi connectivity index (χ3n) is 2.50. The third-order valence-corrected chi connectivity index (χ3v) is 3.85. The summed E-state index contributed by atoms with van der Waals surface area (Å²) in [6.45, 7) is 3.10. The molecule has 0 aliphatic carbocycles. The number of hydrogen-bond acceptors (Lipinski definition) is 4. The van der Waals surface area contributed by atoms with Crippen molar-refractivity contribution < 1.29 is 14.7 Å². The van der Waals surface area contributed by atoms with Gasteiger partial charge in [0.1, 0.15) is 6.04 Å². The Bertz CT molecular complexity index is 480. The van der Waals surface area contributed by atoms with Crippen LogP contribution >= 0.6 is 23.4 Å². The highest BCUT2D eigenvalue weighted by atomic mass is 35.5. The summed E-state index contributed by atoms with van der Waals surface area (Å²) in [5.41, 5.74) is 0. The molecule has 1 aromatic carbocycles. The van der Waals surface area contributed by atoms with E-state index in [-0.39, 0.29) is 18.4 Å². The molecule has 0 spiro atoms. The summed E-state index contributed by atoms with van der Waals surface area (Å²) in [6, 6.07) is 6.59. The summed E-state index contributed by atoms with van der Waals surface area (Å²) in [7, 11) is 0. The van der Waals surface area contributed by atoms with Crippen molar-refractivity contribution in [3.05, 3.63) is 29.3 Å². The molecule has 2 amide bonds. The highest BCUT2D eigenvalue weighted by Crippen LogP contribution is 2.21. The summed E-state index contributed by atoms with van der Waals surface area (Å²) >= 11 is 7.26. The van der Waals surface area contributed by atoms with Crippen LogP contribution in [0.25, 0.3) is 0 Å². The molecule has 21 heavy (non-hydrogen) atoms. The molecule has 5 nitrogen and oxygen atoms in total. The molecule has 0 radical (unpaired) electrons. The normalized spacial score (nSPS) is 13.3. The maximum Gasteiger partial charge on any atom is 0.243 e. The Balaban J connectivity index is 2.58. The number of halogens is 1. The minimum absolute atomic E-state index is 0.153. The van der Waals surface area contributed by atoms with Crippen LogP contribution in [-0.2, 0) is 9.59 Å². The van der Waals surface area contributed by atoms with Gasteiger partial charge in [-0.05, 0) is 31.2 Å². The zero-order chi connectivity index (χ0) is 15.8. The van der Waals surface area contributed by atoms with E-state index in [1.807, 2.05) is 12.1 Å². The van der Waals surface area contributed by atoms with Gasteiger partial charge in [0.2, 0.25) is 11.8 Å². The van der Waals surface area contributed by atoms with E-state index >= 15 is 0 Å². The predicted octanol–water partition coefficient (Wildman–Crippen LogP) is 1.43. The van der Waals surface area contributed by atoms with Crippen LogP contribution in [0.1, 0.15) is 13.8 Å².